The Morgan fingerprint density at radius 2 is 2.10 bits per heavy atom. The number of urea groups is 1. The Morgan fingerprint density at radius 3 is 2.76 bits per heavy atom. The van der Waals surface area contributed by atoms with Gasteiger partial charge in [0.15, 0.2) is 0 Å². The Kier molecular flexibility index (Phi) is 5.26. The molecule has 0 spiro atoms. The Morgan fingerprint density at radius 1 is 1.38 bits per heavy atom. The number of piperidine rings is 1. The average Bonchev–Trinajstić information content (AvgIpc) is 2.62. The highest BCUT2D eigenvalue weighted by atomic mass is 16.2. The van der Waals surface area contributed by atoms with E-state index in [1.54, 1.807) is 6.08 Å². The van der Waals surface area contributed by atoms with Crippen molar-refractivity contribution in [2.24, 2.45) is 11.8 Å². The molecular formula is C16H27N3O2. The minimum atomic E-state index is -0.00959. The number of carbonyl (C=O) groups excluding carboxylic acids is 2. The standard InChI is InChI=1S/C16H27N3O2/c1-4-7-17-16(21)18-8-5-13-10-15(20)19(12(2)3)9-6-14(13)11-18/h4,12-14H,1,5-11H2,2-3H3,(H,17,21). The van der Waals surface area contributed by atoms with Gasteiger partial charge in [0, 0.05) is 38.6 Å². The molecule has 2 unspecified atom stereocenters. The van der Waals surface area contributed by atoms with E-state index in [-0.39, 0.29) is 18.0 Å². The number of rotatable bonds is 3. The molecule has 1 N–H and O–H groups in total. The fourth-order valence-corrected chi connectivity index (χ4v) is 3.45. The molecule has 0 aromatic rings. The van der Waals surface area contributed by atoms with Crippen LogP contribution < -0.4 is 5.32 Å². The van der Waals surface area contributed by atoms with Crippen molar-refractivity contribution in [2.75, 3.05) is 26.2 Å². The molecule has 0 aliphatic carbocycles. The molecule has 0 bridgehead atoms. The van der Waals surface area contributed by atoms with Crippen LogP contribution in [0.25, 0.3) is 0 Å². The fraction of sp³-hybridized carbons (Fsp3) is 0.750. The van der Waals surface area contributed by atoms with E-state index in [1.807, 2.05) is 9.80 Å². The molecule has 2 rings (SSSR count). The van der Waals surface area contributed by atoms with E-state index in [0.29, 0.717) is 24.8 Å². The van der Waals surface area contributed by atoms with Crippen molar-refractivity contribution in [3.63, 3.8) is 0 Å². The maximum Gasteiger partial charge on any atom is 0.317 e. The summed E-state index contributed by atoms with van der Waals surface area (Å²) in [6, 6.07) is 0.259. The van der Waals surface area contributed by atoms with E-state index in [0.717, 1.165) is 32.5 Å². The van der Waals surface area contributed by atoms with E-state index in [4.69, 9.17) is 0 Å². The number of fused-ring (bicyclic) bond motifs is 1. The lowest BCUT2D eigenvalue weighted by Gasteiger charge is -2.37. The summed E-state index contributed by atoms with van der Waals surface area (Å²) in [7, 11) is 0. The number of likely N-dealkylation sites (tertiary alicyclic amines) is 2. The second-order valence-corrected chi connectivity index (χ2v) is 6.40. The third-order valence-electron chi connectivity index (χ3n) is 4.70. The number of carbonyl (C=O) groups is 2. The van der Waals surface area contributed by atoms with E-state index < -0.39 is 0 Å². The van der Waals surface area contributed by atoms with Crippen LogP contribution in [0.15, 0.2) is 12.7 Å². The summed E-state index contributed by atoms with van der Waals surface area (Å²) >= 11 is 0. The molecule has 21 heavy (non-hydrogen) atoms. The fourth-order valence-electron chi connectivity index (χ4n) is 3.45. The Labute approximate surface area is 127 Å². The minimum Gasteiger partial charge on any atom is -0.340 e. The van der Waals surface area contributed by atoms with Gasteiger partial charge in [0.1, 0.15) is 0 Å². The lowest BCUT2D eigenvalue weighted by Crippen LogP contribution is -2.48. The van der Waals surface area contributed by atoms with Crippen molar-refractivity contribution in [3.05, 3.63) is 12.7 Å². The molecule has 2 atom stereocenters. The zero-order valence-electron chi connectivity index (χ0n) is 13.2. The van der Waals surface area contributed by atoms with Gasteiger partial charge in [0.25, 0.3) is 0 Å². The first-order chi connectivity index (χ1) is 10.0. The predicted molar refractivity (Wildman–Crippen MR) is 82.8 cm³/mol. The second-order valence-electron chi connectivity index (χ2n) is 6.40. The number of nitrogens with zero attached hydrogens (tertiary/aromatic N) is 2. The van der Waals surface area contributed by atoms with E-state index >= 15 is 0 Å². The lowest BCUT2D eigenvalue weighted by molar-refractivity contribution is -0.133. The van der Waals surface area contributed by atoms with Crippen molar-refractivity contribution >= 4 is 11.9 Å². The molecule has 0 aromatic carbocycles. The summed E-state index contributed by atoms with van der Waals surface area (Å²) < 4.78 is 0. The van der Waals surface area contributed by atoms with Crippen LogP contribution in [0.1, 0.15) is 33.1 Å². The highest BCUT2D eigenvalue weighted by molar-refractivity contribution is 5.77. The zero-order valence-corrected chi connectivity index (χ0v) is 13.2. The van der Waals surface area contributed by atoms with Crippen molar-refractivity contribution < 1.29 is 9.59 Å². The van der Waals surface area contributed by atoms with Gasteiger partial charge in [-0.3, -0.25) is 4.79 Å². The van der Waals surface area contributed by atoms with Crippen molar-refractivity contribution in [3.8, 4) is 0 Å². The maximum absolute atomic E-state index is 12.3. The smallest absolute Gasteiger partial charge is 0.317 e. The molecular weight excluding hydrogens is 266 g/mol. The van der Waals surface area contributed by atoms with Crippen LogP contribution >= 0.6 is 0 Å². The highest BCUT2D eigenvalue weighted by Gasteiger charge is 2.36. The van der Waals surface area contributed by atoms with Crippen molar-refractivity contribution in [2.45, 2.75) is 39.2 Å². The summed E-state index contributed by atoms with van der Waals surface area (Å²) in [6.45, 7) is 10.6. The van der Waals surface area contributed by atoms with Crippen LogP contribution in [-0.4, -0.2) is 54.0 Å². The first-order valence-electron chi connectivity index (χ1n) is 7.96. The van der Waals surface area contributed by atoms with E-state index in [9.17, 15) is 9.59 Å². The SMILES string of the molecule is C=CCNC(=O)N1CCC2CC(=O)N(C(C)C)CCC2C1. The third kappa shape index (κ3) is 3.77. The van der Waals surface area contributed by atoms with Crippen molar-refractivity contribution in [1.82, 2.24) is 15.1 Å². The van der Waals surface area contributed by atoms with Gasteiger partial charge in [-0.1, -0.05) is 6.08 Å². The molecule has 5 heteroatoms. The summed E-state index contributed by atoms with van der Waals surface area (Å²) in [5, 5.41) is 2.84. The molecule has 0 aromatic heterocycles. The molecule has 2 saturated heterocycles. The summed E-state index contributed by atoms with van der Waals surface area (Å²) in [5.74, 6) is 1.16. The molecule has 5 nitrogen and oxygen atoms in total. The number of hydrogen-bond acceptors (Lipinski definition) is 2. The monoisotopic (exact) mass is 293 g/mol. The Hall–Kier alpha value is -1.52. The molecule has 118 valence electrons. The summed E-state index contributed by atoms with van der Waals surface area (Å²) in [6.07, 6.45) is 4.27. The molecule has 2 heterocycles. The molecule has 0 radical (unpaired) electrons. The van der Waals surface area contributed by atoms with Gasteiger partial charge in [-0.25, -0.2) is 4.79 Å². The van der Waals surface area contributed by atoms with Crippen LogP contribution in [0.2, 0.25) is 0 Å². The second kappa shape index (κ2) is 6.96. The van der Waals surface area contributed by atoms with Gasteiger partial charge in [-0.2, -0.15) is 0 Å². The predicted octanol–water partition coefficient (Wildman–Crippen LogP) is 1.85. The van der Waals surface area contributed by atoms with Gasteiger partial charge in [-0.05, 0) is 38.5 Å². The average molecular weight is 293 g/mol. The maximum atomic E-state index is 12.3. The van der Waals surface area contributed by atoms with Crippen LogP contribution in [0.4, 0.5) is 4.79 Å². The first-order valence-corrected chi connectivity index (χ1v) is 7.96. The number of nitrogens with one attached hydrogen (secondary N) is 1. The van der Waals surface area contributed by atoms with Gasteiger partial charge in [-0.15, -0.1) is 6.58 Å². The van der Waals surface area contributed by atoms with Crippen LogP contribution in [0, 0.1) is 11.8 Å². The number of hydrogen-bond donors (Lipinski definition) is 1. The first kappa shape index (κ1) is 15.9. The summed E-state index contributed by atoms with van der Waals surface area (Å²) in [4.78, 5) is 28.2. The molecule has 2 fully saturated rings. The third-order valence-corrected chi connectivity index (χ3v) is 4.70. The van der Waals surface area contributed by atoms with Gasteiger partial charge in [0.2, 0.25) is 5.91 Å². The summed E-state index contributed by atoms with van der Waals surface area (Å²) in [5.41, 5.74) is 0. The highest BCUT2D eigenvalue weighted by Crippen LogP contribution is 2.32. The van der Waals surface area contributed by atoms with Gasteiger partial charge < -0.3 is 15.1 Å². The van der Waals surface area contributed by atoms with Crippen LogP contribution in [0.3, 0.4) is 0 Å². The Bertz CT molecular complexity index is 408. The van der Waals surface area contributed by atoms with E-state index in [2.05, 4.69) is 25.7 Å². The normalized spacial score (nSPS) is 26.3. The number of amides is 3. The molecule has 2 aliphatic heterocycles. The molecule has 2 aliphatic rings. The topological polar surface area (TPSA) is 52.7 Å². The van der Waals surface area contributed by atoms with E-state index in [1.165, 1.54) is 0 Å². The largest absolute Gasteiger partial charge is 0.340 e. The van der Waals surface area contributed by atoms with Crippen molar-refractivity contribution in [1.29, 1.82) is 0 Å². The van der Waals surface area contributed by atoms with Crippen LogP contribution in [0.5, 0.6) is 0 Å². The van der Waals surface area contributed by atoms with Gasteiger partial charge >= 0.3 is 6.03 Å². The molecule has 3 amide bonds. The zero-order chi connectivity index (χ0) is 15.4. The Balaban J connectivity index is 1.96. The lowest BCUT2D eigenvalue weighted by atomic mass is 9.82. The minimum absolute atomic E-state index is 0.00959. The van der Waals surface area contributed by atoms with Crippen LogP contribution in [-0.2, 0) is 4.79 Å². The quantitative estimate of drug-likeness (QED) is 0.807. The molecule has 0 saturated carbocycles. The van der Waals surface area contributed by atoms with Gasteiger partial charge in [0.05, 0.1) is 0 Å².